The molecule has 1 aromatic carbocycles. The summed E-state index contributed by atoms with van der Waals surface area (Å²) < 4.78 is 41.8. The van der Waals surface area contributed by atoms with Gasteiger partial charge in [-0.2, -0.15) is 0 Å². The van der Waals surface area contributed by atoms with E-state index in [0.717, 1.165) is 31.2 Å². The summed E-state index contributed by atoms with van der Waals surface area (Å²) in [5, 5.41) is 0. The Morgan fingerprint density at radius 2 is 1.82 bits per heavy atom. The van der Waals surface area contributed by atoms with Gasteiger partial charge < -0.3 is 9.47 Å². The molecule has 0 spiro atoms. The van der Waals surface area contributed by atoms with Crippen LogP contribution in [0.5, 0.6) is 0 Å². The van der Waals surface area contributed by atoms with E-state index in [-0.39, 0.29) is 36.2 Å². The molecule has 0 N–H and O–H groups in total. The summed E-state index contributed by atoms with van der Waals surface area (Å²) in [6.45, 7) is 8.18. The Morgan fingerprint density at radius 3 is 2.42 bits per heavy atom. The van der Waals surface area contributed by atoms with Crippen LogP contribution in [0.15, 0.2) is 54.1 Å². The number of alkyl halides is 2. The number of hydrogen-bond donors (Lipinski definition) is 0. The van der Waals surface area contributed by atoms with Crippen LogP contribution in [-0.4, -0.2) is 38.1 Å². The van der Waals surface area contributed by atoms with Gasteiger partial charge in [-0.05, 0) is 55.9 Å². The predicted octanol–water partition coefficient (Wildman–Crippen LogP) is 6.21. The monoisotopic (exact) mass is 458 g/mol. The summed E-state index contributed by atoms with van der Waals surface area (Å²) in [6.07, 6.45) is 2.00. The van der Waals surface area contributed by atoms with Crippen molar-refractivity contribution in [3.8, 4) is 0 Å². The van der Waals surface area contributed by atoms with Gasteiger partial charge in [-0.15, -0.1) is 0 Å². The smallest absolute Gasteiger partial charge is 0.313 e. The lowest BCUT2D eigenvalue weighted by atomic mass is 9.49. The molecular formula is C28H36F2O3. The van der Waals surface area contributed by atoms with Gasteiger partial charge in [-0.25, -0.2) is 8.78 Å². The highest BCUT2D eigenvalue weighted by Gasteiger charge is 2.61. The largest absolute Gasteiger partial charge is 0.466 e. The molecule has 5 heteroatoms. The van der Waals surface area contributed by atoms with Gasteiger partial charge in [0.1, 0.15) is 6.17 Å². The number of halogens is 2. The molecule has 2 saturated carbocycles. The lowest BCUT2D eigenvalue weighted by Crippen LogP contribution is -2.59. The number of benzene rings is 1. The van der Waals surface area contributed by atoms with Gasteiger partial charge in [-0.1, -0.05) is 61.1 Å². The SMILES string of the molecule is C=C1C(C(=O)OCC)C(C2=CCCCC2)C(c2ccccc2)C2C(OC)C(F)C(F)C(C)C12. The van der Waals surface area contributed by atoms with Crippen molar-refractivity contribution in [3.63, 3.8) is 0 Å². The zero-order chi connectivity index (χ0) is 23.7. The molecule has 0 heterocycles. The summed E-state index contributed by atoms with van der Waals surface area (Å²) in [4.78, 5) is 13.4. The normalized spacial score (nSPS) is 38.9. The number of carbonyl (C=O) groups is 1. The molecule has 0 bridgehead atoms. The first-order valence-corrected chi connectivity index (χ1v) is 12.3. The van der Waals surface area contributed by atoms with E-state index in [2.05, 4.69) is 12.7 Å². The number of fused-ring (bicyclic) bond motifs is 1. The molecule has 0 aromatic heterocycles. The lowest BCUT2D eigenvalue weighted by molar-refractivity contribution is -0.157. The average Bonchev–Trinajstić information content (AvgIpc) is 2.83. The van der Waals surface area contributed by atoms with E-state index in [1.165, 1.54) is 12.7 Å². The van der Waals surface area contributed by atoms with E-state index in [1.54, 1.807) is 13.8 Å². The quantitative estimate of drug-likeness (QED) is 0.389. The minimum Gasteiger partial charge on any atom is -0.466 e. The molecule has 1 aromatic rings. The Hall–Kier alpha value is -2.01. The predicted molar refractivity (Wildman–Crippen MR) is 125 cm³/mol. The molecule has 9 atom stereocenters. The van der Waals surface area contributed by atoms with Crippen molar-refractivity contribution in [1.29, 1.82) is 0 Å². The van der Waals surface area contributed by atoms with Crippen LogP contribution in [0.2, 0.25) is 0 Å². The van der Waals surface area contributed by atoms with Crippen LogP contribution in [0.25, 0.3) is 0 Å². The number of rotatable bonds is 5. The van der Waals surface area contributed by atoms with Crippen molar-refractivity contribution in [2.75, 3.05) is 13.7 Å². The number of allylic oxidation sites excluding steroid dienone is 2. The molecule has 0 aliphatic heterocycles. The number of hydrogen-bond acceptors (Lipinski definition) is 3. The third-order valence-corrected chi connectivity index (χ3v) is 8.22. The lowest BCUT2D eigenvalue weighted by Gasteiger charge is -2.56. The van der Waals surface area contributed by atoms with Crippen LogP contribution >= 0.6 is 0 Å². The average molecular weight is 459 g/mol. The Balaban J connectivity index is 1.93. The van der Waals surface area contributed by atoms with Gasteiger partial charge in [0.2, 0.25) is 0 Å². The zero-order valence-electron chi connectivity index (χ0n) is 19.9. The zero-order valence-corrected chi connectivity index (χ0v) is 19.9. The standard InChI is InChI=1S/C28H36F2O3/c1-5-33-28(31)21-16(2)20-17(3)25(29)26(30)27(32-4)24(20)23(19-14-10-7-11-15-19)22(21)18-12-8-6-9-13-18/h7,10-12,14-15,17,20-27H,2,5-6,8-9,13H2,1,3-4H3. The second kappa shape index (κ2) is 10.1. The van der Waals surface area contributed by atoms with Gasteiger partial charge in [0.15, 0.2) is 6.17 Å². The number of methoxy groups -OCH3 is 1. The molecule has 0 radical (unpaired) electrons. The van der Waals surface area contributed by atoms with Crippen molar-refractivity contribution in [1.82, 2.24) is 0 Å². The minimum atomic E-state index is -1.72. The van der Waals surface area contributed by atoms with Gasteiger partial charge in [0.25, 0.3) is 0 Å². The van der Waals surface area contributed by atoms with Crippen LogP contribution in [0.4, 0.5) is 8.78 Å². The van der Waals surface area contributed by atoms with Gasteiger partial charge in [-0.3, -0.25) is 4.79 Å². The van der Waals surface area contributed by atoms with Crippen LogP contribution in [0, 0.1) is 29.6 Å². The maximum absolute atomic E-state index is 15.4. The molecule has 0 saturated heterocycles. The van der Waals surface area contributed by atoms with Crippen molar-refractivity contribution < 1.29 is 23.0 Å². The van der Waals surface area contributed by atoms with E-state index in [4.69, 9.17) is 9.47 Å². The summed E-state index contributed by atoms with van der Waals surface area (Å²) >= 11 is 0. The maximum atomic E-state index is 15.4. The summed E-state index contributed by atoms with van der Waals surface area (Å²) in [5.74, 6) is -2.58. The molecule has 33 heavy (non-hydrogen) atoms. The van der Waals surface area contributed by atoms with Crippen molar-refractivity contribution in [2.24, 2.45) is 29.6 Å². The minimum absolute atomic E-state index is 0.196. The van der Waals surface area contributed by atoms with Crippen LogP contribution in [0.3, 0.4) is 0 Å². The first kappa shape index (κ1) is 24.1. The Kier molecular flexibility index (Phi) is 7.37. The molecular weight excluding hydrogens is 422 g/mol. The van der Waals surface area contributed by atoms with Gasteiger partial charge in [0, 0.05) is 18.9 Å². The van der Waals surface area contributed by atoms with Crippen molar-refractivity contribution in [3.05, 3.63) is 59.7 Å². The Morgan fingerprint density at radius 1 is 1.09 bits per heavy atom. The van der Waals surface area contributed by atoms with Crippen molar-refractivity contribution >= 4 is 5.97 Å². The third kappa shape index (κ3) is 4.18. The van der Waals surface area contributed by atoms with E-state index < -0.39 is 30.3 Å². The molecule has 2 fully saturated rings. The number of ether oxygens (including phenoxy) is 2. The molecule has 9 unspecified atom stereocenters. The van der Waals surface area contributed by atoms with E-state index in [9.17, 15) is 4.79 Å². The maximum Gasteiger partial charge on any atom is 0.313 e. The topological polar surface area (TPSA) is 35.5 Å². The van der Waals surface area contributed by atoms with Crippen LogP contribution < -0.4 is 0 Å². The fraction of sp³-hybridized carbons (Fsp3) is 0.607. The summed E-state index contributed by atoms with van der Waals surface area (Å²) in [5.41, 5.74) is 2.92. The van der Waals surface area contributed by atoms with E-state index in [1.807, 2.05) is 30.3 Å². The molecule has 180 valence electrons. The number of carbonyl (C=O) groups excluding carboxylic acids is 1. The molecule has 3 nitrogen and oxygen atoms in total. The molecule has 0 amide bonds. The Bertz CT molecular complexity index is 882. The summed E-state index contributed by atoms with van der Waals surface area (Å²) in [7, 11) is 1.47. The third-order valence-electron chi connectivity index (χ3n) is 8.22. The molecule has 4 rings (SSSR count). The first-order valence-electron chi connectivity index (χ1n) is 12.3. The Labute approximate surface area is 196 Å². The fourth-order valence-corrected chi connectivity index (χ4v) is 6.87. The first-order chi connectivity index (χ1) is 15.9. The van der Waals surface area contributed by atoms with Crippen LogP contribution in [0.1, 0.15) is 51.0 Å². The van der Waals surface area contributed by atoms with Gasteiger partial charge in [0.05, 0.1) is 18.6 Å². The second-order valence-electron chi connectivity index (χ2n) is 9.84. The van der Waals surface area contributed by atoms with Crippen molar-refractivity contribution in [2.45, 2.75) is 63.9 Å². The fourth-order valence-electron chi connectivity index (χ4n) is 6.87. The summed E-state index contributed by atoms with van der Waals surface area (Å²) in [6, 6.07) is 9.98. The molecule has 3 aliphatic carbocycles. The second-order valence-corrected chi connectivity index (χ2v) is 9.84. The van der Waals surface area contributed by atoms with Crippen LogP contribution in [-0.2, 0) is 14.3 Å². The highest BCUT2D eigenvalue weighted by atomic mass is 19.2. The van der Waals surface area contributed by atoms with Gasteiger partial charge >= 0.3 is 5.97 Å². The number of esters is 1. The van der Waals surface area contributed by atoms with E-state index in [0.29, 0.717) is 5.57 Å². The molecule has 3 aliphatic rings. The van der Waals surface area contributed by atoms with E-state index >= 15 is 8.78 Å². The highest BCUT2D eigenvalue weighted by Crippen LogP contribution is 2.60. The highest BCUT2D eigenvalue weighted by molar-refractivity contribution is 5.77.